The van der Waals surface area contributed by atoms with Gasteiger partial charge in [0.1, 0.15) is 0 Å². The van der Waals surface area contributed by atoms with Crippen LogP contribution in [0.5, 0.6) is 0 Å². The lowest BCUT2D eigenvalue weighted by molar-refractivity contribution is 0.514. The Morgan fingerprint density at radius 1 is 1.37 bits per heavy atom. The molecule has 0 bridgehead atoms. The van der Waals surface area contributed by atoms with Gasteiger partial charge in [0.2, 0.25) is 0 Å². The van der Waals surface area contributed by atoms with Gasteiger partial charge in [-0.3, -0.25) is 4.98 Å². The van der Waals surface area contributed by atoms with Crippen LogP contribution in [-0.4, -0.2) is 29.1 Å². The molecule has 1 aliphatic rings. The molecule has 1 aromatic rings. The van der Waals surface area contributed by atoms with E-state index in [4.69, 9.17) is 0 Å². The lowest BCUT2D eigenvalue weighted by Crippen LogP contribution is -2.31. The maximum absolute atomic E-state index is 4.46. The van der Waals surface area contributed by atoms with Crippen molar-refractivity contribution in [2.75, 3.05) is 12.8 Å². The number of rotatable bonds is 6. The number of aromatic nitrogens is 1. The van der Waals surface area contributed by atoms with Crippen molar-refractivity contribution in [1.29, 1.82) is 0 Å². The van der Waals surface area contributed by atoms with Crippen LogP contribution >= 0.6 is 27.7 Å². The Balaban J connectivity index is 1.77. The minimum absolute atomic E-state index is 0.528. The molecule has 1 aliphatic carbocycles. The second kappa shape index (κ2) is 8.28. The van der Waals surface area contributed by atoms with E-state index in [2.05, 4.69) is 57.2 Å². The Morgan fingerprint density at radius 3 is 2.79 bits per heavy atom. The van der Waals surface area contributed by atoms with Crippen LogP contribution in [0.3, 0.4) is 0 Å². The fraction of sp³-hybridized carbons (Fsp3) is 0.667. The van der Waals surface area contributed by atoms with Gasteiger partial charge in [0.25, 0.3) is 0 Å². The van der Waals surface area contributed by atoms with Gasteiger partial charge in [-0.2, -0.15) is 11.8 Å². The minimum atomic E-state index is 0.528. The fourth-order valence-electron chi connectivity index (χ4n) is 2.51. The van der Waals surface area contributed by atoms with E-state index in [-0.39, 0.29) is 0 Å². The van der Waals surface area contributed by atoms with Gasteiger partial charge in [-0.05, 0) is 48.0 Å². The molecule has 106 valence electrons. The molecular weight excluding hydrogens is 320 g/mol. The van der Waals surface area contributed by atoms with Gasteiger partial charge in [-0.25, -0.2) is 0 Å². The molecule has 0 saturated heterocycles. The first kappa shape index (κ1) is 15.3. The van der Waals surface area contributed by atoms with E-state index in [0.717, 1.165) is 16.1 Å². The van der Waals surface area contributed by atoms with E-state index in [1.54, 1.807) is 0 Å². The summed E-state index contributed by atoms with van der Waals surface area (Å²) in [5.74, 6) is 1.19. The highest BCUT2D eigenvalue weighted by Crippen LogP contribution is 2.28. The van der Waals surface area contributed by atoms with E-state index in [1.807, 2.05) is 6.20 Å². The van der Waals surface area contributed by atoms with Gasteiger partial charge in [0, 0.05) is 39.8 Å². The second-order valence-corrected chi connectivity index (χ2v) is 7.50. The summed E-state index contributed by atoms with van der Waals surface area (Å²) in [5.41, 5.74) is 1.17. The predicted octanol–water partition coefficient (Wildman–Crippen LogP) is 4.04. The summed E-state index contributed by atoms with van der Waals surface area (Å²) in [6.45, 7) is 0. The Morgan fingerprint density at radius 2 is 2.16 bits per heavy atom. The maximum Gasteiger partial charge on any atom is 0.0420 e. The molecule has 1 N–H and O–H groups in total. The monoisotopic (exact) mass is 342 g/mol. The summed E-state index contributed by atoms with van der Waals surface area (Å²) in [7, 11) is 2.06. The van der Waals surface area contributed by atoms with Crippen molar-refractivity contribution in [3.63, 3.8) is 0 Å². The molecule has 19 heavy (non-hydrogen) atoms. The topological polar surface area (TPSA) is 24.9 Å². The average Bonchev–Trinajstić information content (AvgIpc) is 2.46. The first-order valence-electron chi connectivity index (χ1n) is 7.17. The highest BCUT2D eigenvalue weighted by Gasteiger charge is 2.16. The summed E-state index contributed by atoms with van der Waals surface area (Å²) in [6.07, 6.45) is 10.0. The Kier molecular flexibility index (Phi) is 6.68. The third-order valence-electron chi connectivity index (χ3n) is 3.74. The lowest BCUT2D eigenvalue weighted by atomic mass is 10.0. The number of halogens is 1. The van der Waals surface area contributed by atoms with E-state index < -0.39 is 0 Å². The minimum Gasteiger partial charge on any atom is -0.316 e. The highest BCUT2D eigenvalue weighted by molar-refractivity contribution is 9.10. The molecular formula is C15H23BrN2S. The van der Waals surface area contributed by atoms with Crippen LogP contribution in [0.2, 0.25) is 0 Å². The molecule has 1 unspecified atom stereocenters. The van der Waals surface area contributed by atoms with Crippen molar-refractivity contribution in [3.05, 3.63) is 28.5 Å². The van der Waals surface area contributed by atoms with Crippen LogP contribution in [0.25, 0.3) is 0 Å². The molecule has 4 heteroatoms. The molecule has 1 saturated carbocycles. The molecule has 0 aliphatic heterocycles. The van der Waals surface area contributed by atoms with Gasteiger partial charge in [0.15, 0.2) is 0 Å². The average molecular weight is 343 g/mol. The van der Waals surface area contributed by atoms with Gasteiger partial charge in [0.05, 0.1) is 0 Å². The number of likely N-dealkylation sites (N-methyl/N-ethyl adjacent to an activating group) is 1. The van der Waals surface area contributed by atoms with Crippen molar-refractivity contribution >= 4 is 27.7 Å². The predicted molar refractivity (Wildman–Crippen MR) is 87.8 cm³/mol. The van der Waals surface area contributed by atoms with Crippen LogP contribution in [0, 0.1) is 0 Å². The molecule has 1 atom stereocenters. The molecule has 1 aromatic heterocycles. The summed E-state index contributed by atoms with van der Waals surface area (Å²) >= 11 is 5.58. The second-order valence-electron chi connectivity index (χ2n) is 5.25. The smallest absolute Gasteiger partial charge is 0.0420 e. The third-order valence-corrected chi connectivity index (χ3v) is 5.74. The number of nitrogens with one attached hydrogen (secondary N) is 1. The zero-order valence-corrected chi connectivity index (χ0v) is 14.0. The zero-order valence-electron chi connectivity index (χ0n) is 11.6. The summed E-state index contributed by atoms with van der Waals surface area (Å²) in [5, 5.41) is 4.32. The molecule has 2 nitrogen and oxygen atoms in total. The standard InChI is InChI=1S/C15H23BrN2S/c1-17-14(9-13-8-7-12(16)10-18-13)11-19-15-5-3-2-4-6-15/h7-8,10,14-15,17H,2-6,9,11H2,1H3. The van der Waals surface area contributed by atoms with Crippen molar-refractivity contribution in [3.8, 4) is 0 Å². The molecule has 0 amide bonds. The molecule has 2 rings (SSSR count). The van der Waals surface area contributed by atoms with Crippen LogP contribution in [0.1, 0.15) is 37.8 Å². The van der Waals surface area contributed by atoms with Crippen molar-refractivity contribution in [2.24, 2.45) is 0 Å². The zero-order chi connectivity index (χ0) is 13.5. The SMILES string of the molecule is CNC(CSC1CCCCC1)Cc1ccc(Br)cn1. The third kappa shape index (κ3) is 5.44. The van der Waals surface area contributed by atoms with Gasteiger partial charge < -0.3 is 5.32 Å². The number of pyridine rings is 1. The van der Waals surface area contributed by atoms with Gasteiger partial charge >= 0.3 is 0 Å². The van der Waals surface area contributed by atoms with Crippen LogP contribution in [-0.2, 0) is 6.42 Å². The first-order valence-corrected chi connectivity index (χ1v) is 9.01. The Bertz CT molecular complexity index is 363. The van der Waals surface area contributed by atoms with Crippen molar-refractivity contribution in [2.45, 2.75) is 49.8 Å². The van der Waals surface area contributed by atoms with Crippen LogP contribution < -0.4 is 5.32 Å². The lowest BCUT2D eigenvalue weighted by Gasteiger charge is -2.23. The van der Waals surface area contributed by atoms with Crippen molar-refractivity contribution in [1.82, 2.24) is 10.3 Å². The molecule has 0 radical (unpaired) electrons. The normalized spacial score (nSPS) is 18.4. The Labute approximate surface area is 129 Å². The summed E-state index contributed by atoms with van der Waals surface area (Å²) < 4.78 is 1.05. The quantitative estimate of drug-likeness (QED) is 0.844. The van der Waals surface area contributed by atoms with E-state index in [0.29, 0.717) is 6.04 Å². The molecule has 1 fully saturated rings. The maximum atomic E-state index is 4.46. The number of hydrogen-bond acceptors (Lipinski definition) is 3. The summed E-state index contributed by atoms with van der Waals surface area (Å²) in [4.78, 5) is 4.46. The first-order chi connectivity index (χ1) is 9.28. The fourth-order valence-corrected chi connectivity index (χ4v) is 4.20. The van der Waals surface area contributed by atoms with E-state index >= 15 is 0 Å². The highest BCUT2D eigenvalue weighted by atomic mass is 79.9. The van der Waals surface area contributed by atoms with Crippen LogP contribution in [0.15, 0.2) is 22.8 Å². The van der Waals surface area contributed by atoms with Gasteiger partial charge in [-0.15, -0.1) is 0 Å². The molecule has 0 aromatic carbocycles. The van der Waals surface area contributed by atoms with E-state index in [1.165, 1.54) is 43.6 Å². The largest absolute Gasteiger partial charge is 0.316 e. The van der Waals surface area contributed by atoms with Crippen LogP contribution in [0.4, 0.5) is 0 Å². The number of nitrogens with zero attached hydrogens (tertiary/aromatic N) is 1. The summed E-state index contributed by atoms with van der Waals surface area (Å²) in [6, 6.07) is 4.71. The molecule has 0 spiro atoms. The number of hydrogen-bond donors (Lipinski definition) is 1. The van der Waals surface area contributed by atoms with Crippen molar-refractivity contribution < 1.29 is 0 Å². The molecule has 1 heterocycles. The Hall–Kier alpha value is -0.0600. The van der Waals surface area contributed by atoms with E-state index in [9.17, 15) is 0 Å². The van der Waals surface area contributed by atoms with Gasteiger partial charge in [-0.1, -0.05) is 19.3 Å². The number of thioether (sulfide) groups is 1.